The van der Waals surface area contributed by atoms with Crippen molar-refractivity contribution in [3.63, 3.8) is 0 Å². The van der Waals surface area contributed by atoms with Gasteiger partial charge in [-0.25, -0.2) is 9.97 Å². The molecule has 4 aromatic rings. The van der Waals surface area contributed by atoms with Gasteiger partial charge in [0, 0.05) is 36.6 Å². The third kappa shape index (κ3) is 6.72. The number of pyridine rings is 1. The molecule has 5 N–H and O–H groups in total. The smallest absolute Gasteiger partial charge is 0.225 e. The molecule has 43 heavy (non-hydrogen) atoms. The molecule has 1 saturated carbocycles. The molecule has 5 rings (SSSR count). The predicted molar refractivity (Wildman–Crippen MR) is 164 cm³/mol. The fourth-order valence-electron chi connectivity index (χ4n) is 5.35. The average Bonchev–Trinajstić information content (AvgIpc) is 3.52. The minimum atomic E-state index is -1.10. The summed E-state index contributed by atoms with van der Waals surface area (Å²) < 4.78 is 22.7. The first-order valence-electron chi connectivity index (χ1n) is 13.9. The van der Waals surface area contributed by atoms with E-state index in [4.69, 9.17) is 28.6 Å². The standard InChI is InChI=1S/C30H37N5O7.ClH/c1-6-41-24-11-18-10-23(42-28(18)16(3)32-24)25-15(2)33-30(31-13-17-7-20(39-4)12-21(8-17)40-5)35-29(25)34-22-9-19(14-36)26(37)27(22)38;/h7-8,10-12,19,22,26-27,36-38H,6,9,13-14H2,1-5H3,(H2,31,33,34,35);1H/t19-,22-,26-,27+;/m1./s1. The first-order valence-corrected chi connectivity index (χ1v) is 13.9. The van der Waals surface area contributed by atoms with Crippen LogP contribution in [0.4, 0.5) is 11.8 Å². The van der Waals surface area contributed by atoms with Crippen molar-refractivity contribution in [1.29, 1.82) is 0 Å². The van der Waals surface area contributed by atoms with Gasteiger partial charge in [0.1, 0.15) is 29.2 Å². The fourth-order valence-corrected chi connectivity index (χ4v) is 5.35. The number of aliphatic hydroxyl groups is 3. The van der Waals surface area contributed by atoms with Gasteiger partial charge in [-0.1, -0.05) is 0 Å². The van der Waals surface area contributed by atoms with Gasteiger partial charge < -0.3 is 44.6 Å². The van der Waals surface area contributed by atoms with Crippen molar-refractivity contribution >= 4 is 35.1 Å². The number of benzene rings is 1. The SMILES string of the molecule is CCOc1cc2cc(-c3c(C)nc(NCc4cc(OC)cc(OC)c4)nc3N[C@@H]3C[C@H](CO)[C@@H](O)[C@H]3O)oc2c(C)n1.Cl. The lowest BCUT2D eigenvalue weighted by Gasteiger charge is -2.21. The zero-order valence-electron chi connectivity index (χ0n) is 24.7. The summed E-state index contributed by atoms with van der Waals surface area (Å²) in [6.07, 6.45) is -1.80. The van der Waals surface area contributed by atoms with E-state index < -0.39 is 24.2 Å². The van der Waals surface area contributed by atoms with Crippen LogP contribution in [0.5, 0.6) is 17.4 Å². The van der Waals surface area contributed by atoms with Crippen molar-refractivity contribution in [2.45, 2.75) is 52.0 Å². The summed E-state index contributed by atoms with van der Waals surface area (Å²) in [4.78, 5) is 14.0. The summed E-state index contributed by atoms with van der Waals surface area (Å²) in [7, 11) is 3.19. The van der Waals surface area contributed by atoms with E-state index in [2.05, 4.69) is 15.6 Å². The zero-order valence-corrected chi connectivity index (χ0v) is 25.6. The van der Waals surface area contributed by atoms with Gasteiger partial charge in [0.05, 0.1) is 49.9 Å². The Kier molecular flexibility index (Phi) is 10.2. The Balaban J connectivity index is 0.00000423. The molecule has 0 unspecified atom stereocenters. The molecule has 3 aromatic heterocycles. The van der Waals surface area contributed by atoms with Crippen molar-refractivity contribution in [2.24, 2.45) is 5.92 Å². The Hall–Kier alpha value is -3.84. The lowest BCUT2D eigenvalue weighted by molar-refractivity contribution is 0.00446. The highest BCUT2D eigenvalue weighted by molar-refractivity contribution is 5.88. The van der Waals surface area contributed by atoms with Crippen LogP contribution in [0.2, 0.25) is 0 Å². The number of aromatic nitrogens is 3. The fraction of sp³-hybridized carbons (Fsp3) is 0.433. The Morgan fingerprint density at radius 2 is 1.67 bits per heavy atom. The number of halogens is 1. The van der Waals surface area contributed by atoms with E-state index in [1.54, 1.807) is 20.3 Å². The van der Waals surface area contributed by atoms with Crippen LogP contribution >= 0.6 is 12.4 Å². The van der Waals surface area contributed by atoms with Gasteiger partial charge in [0.25, 0.3) is 0 Å². The number of aliphatic hydroxyl groups excluding tert-OH is 3. The largest absolute Gasteiger partial charge is 0.497 e. The zero-order chi connectivity index (χ0) is 30.0. The van der Waals surface area contributed by atoms with E-state index in [1.807, 2.05) is 45.0 Å². The average molecular weight is 616 g/mol. The molecule has 4 atom stereocenters. The molecule has 232 valence electrons. The van der Waals surface area contributed by atoms with E-state index in [1.165, 1.54) is 0 Å². The van der Waals surface area contributed by atoms with Crippen molar-refractivity contribution in [2.75, 3.05) is 38.1 Å². The van der Waals surface area contributed by atoms with E-state index in [0.717, 1.165) is 10.9 Å². The molecule has 1 aliphatic carbocycles. The summed E-state index contributed by atoms with van der Waals surface area (Å²) >= 11 is 0. The van der Waals surface area contributed by atoms with Crippen LogP contribution in [0.15, 0.2) is 34.7 Å². The van der Waals surface area contributed by atoms with E-state index in [9.17, 15) is 15.3 Å². The summed E-state index contributed by atoms with van der Waals surface area (Å²) in [5.74, 6) is 2.65. The molecule has 0 bridgehead atoms. The van der Waals surface area contributed by atoms with Crippen molar-refractivity contribution in [1.82, 2.24) is 15.0 Å². The maximum absolute atomic E-state index is 10.8. The molecule has 13 heteroatoms. The summed E-state index contributed by atoms with van der Waals surface area (Å²) in [5.41, 5.74) is 3.43. The van der Waals surface area contributed by atoms with Crippen LogP contribution in [0.3, 0.4) is 0 Å². The number of nitrogens with one attached hydrogen (secondary N) is 2. The second-order valence-corrected chi connectivity index (χ2v) is 10.3. The van der Waals surface area contributed by atoms with Crippen LogP contribution in [0, 0.1) is 19.8 Å². The van der Waals surface area contributed by atoms with Crippen LogP contribution in [0.1, 0.15) is 30.3 Å². The third-order valence-corrected chi connectivity index (χ3v) is 7.50. The lowest BCUT2D eigenvalue weighted by Crippen LogP contribution is -2.35. The number of nitrogens with zero attached hydrogens (tertiary/aromatic N) is 3. The van der Waals surface area contributed by atoms with Crippen LogP contribution in [0.25, 0.3) is 22.3 Å². The molecule has 1 fully saturated rings. The molecule has 0 radical (unpaired) electrons. The van der Waals surface area contributed by atoms with Gasteiger partial charge in [-0.2, -0.15) is 4.98 Å². The van der Waals surface area contributed by atoms with Gasteiger partial charge in [0.15, 0.2) is 5.58 Å². The first kappa shape index (κ1) is 32.1. The van der Waals surface area contributed by atoms with Crippen molar-refractivity contribution < 1.29 is 33.9 Å². The lowest BCUT2D eigenvalue weighted by atomic mass is 10.1. The summed E-state index contributed by atoms with van der Waals surface area (Å²) in [5, 5.41) is 38.3. The summed E-state index contributed by atoms with van der Waals surface area (Å²) in [6, 6.07) is 8.73. The molecule has 3 heterocycles. The monoisotopic (exact) mass is 615 g/mol. The van der Waals surface area contributed by atoms with Crippen molar-refractivity contribution in [3.05, 3.63) is 47.3 Å². The van der Waals surface area contributed by atoms with E-state index >= 15 is 0 Å². The highest BCUT2D eigenvalue weighted by atomic mass is 35.5. The molecule has 0 amide bonds. The predicted octanol–water partition coefficient (Wildman–Crippen LogP) is 3.87. The molecule has 0 aliphatic heterocycles. The molecule has 0 spiro atoms. The minimum absolute atomic E-state index is 0. The Morgan fingerprint density at radius 1 is 0.953 bits per heavy atom. The van der Waals surface area contributed by atoms with Crippen molar-refractivity contribution in [3.8, 4) is 28.7 Å². The van der Waals surface area contributed by atoms with E-state index in [-0.39, 0.29) is 19.0 Å². The Labute approximate surface area is 255 Å². The number of furan rings is 1. The second-order valence-electron chi connectivity index (χ2n) is 10.3. The first-order chi connectivity index (χ1) is 20.2. The molecule has 1 aromatic carbocycles. The highest BCUT2D eigenvalue weighted by Crippen LogP contribution is 2.38. The van der Waals surface area contributed by atoms with Crippen LogP contribution in [-0.4, -0.2) is 76.0 Å². The number of ether oxygens (including phenoxy) is 3. The minimum Gasteiger partial charge on any atom is -0.497 e. The number of rotatable bonds is 11. The Morgan fingerprint density at radius 3 is 2.30 bits per heavy atom. The van der Waals surface area contributed by atoms with Gasteiger partial charge in [0.2, 0.25) is 11.8 Å². The van der Waals surface area contributed by atoms with Gasteiger partial charge in [-0.3, -0.25) is 0 Å². The maximum atomic E-state index is 10.8. The number of anilines is 2. The number of methoxy groups -OCH3 is 2. The number of aryl methyl sites for hydroxylation is 2. The number of hydrogen-bond donors (Lipinski definition) is 5. The topological polar surface area (TPSA) is 164 Å². The normalized spacial score (nSPS) is 19.6. The number of hydrogen-bond acceptors (Lipinski definition) is 12. The molecule has 0 saturated heterocycles. The molecule has 12 nitrogen and oxygen atoms in total. The molecular weight excluding hydrogens is 578 g/mol. The number of fused-ring (bicyclic) bond motifs is 1. The second kappa shape index (κ2) is 13.6. The third-order valence-electron chi connectivity index (χ3n) is 7.50. The van der Waals surface area contributed by atoms with Gasteiger partial charge >= 0.3 is 0 Å². The van der Waals surface area contributed by atoms with Crippen LogP contribution < -0.4 is 24.8 Å². The molecular formula is C30H38ClN5O7. The van der Waals surface area contributed by atoms with Gasteiger partial charge in [-0.05, 0) is 51.0 Å². The molecule has 1 aliphatic rings. The van der Waals surface area contributed by atoms with E-state index in [0.29, 0.717) is 77.0 Å². The van der Waals surface area contributed by atoms with Crippen LogP contribution in [-0.2, 0) is 6.54 Å². The quantitative estimate of drug-likeness (QED) is 0.166. The summed E-state index contributed by atoms with van der Waals surface area (Å²) in [6.45, 7) is 6.25. The van der Waals surface area contributed by atoms with Gasteiger partial charge in [-0.15, -0.1) is 12.4 Å². The maximum Gasteiger partial charge on any atom is 0.225 e. The highest BCUT2D eigenvalue weighted by Gasteiger charge is 2.41. The Bertz CT molecular complexity index is 1540.